The van der Waals surface area contributed by atoms with E-state index < -0.39 is 0 Å². The Morgan fingerprint density at radius 1 is 1.36 bits per heavy atom. The SMILES string of the molecule is O=C(CCn1cccn1)NC[C@H](c1ccco1)N1CCCC1. The van der Waals surface area contributed by atoms with Crippen molar-refractivity contribution in [2.45, 2.75) is 31.8 Å². The fraction of sp³-hybridized carbons (Fsp3) is 0.500. The minimum absolute atomic E-state index is 0.0475. The topological polar surface area (TPSA) is 63.3 Å². The highest BCUT2D eigenvalue weighted by atomic mass is 16.3. The third-order valence-electron chi connectivity index (χ3n) is 4.07. The van der Waals surface area contributed by atoms with Crippen LogP contribution in [0.4, 0.5) is 0 Å². The van der Waals surface area contributed by atoms with E-state index in [1.807, 2.05) is 24.4 Å². The lowest BCUT2D eigenvalue weighted by atomic mass is 10.2. The van der Waals surface area contributed by atoms with Gasteiger partial charge in [-0.05, 0) is 44.1 Å². The molecule has 6 heteroatoms. The number of likely N-dealkylation sites (tertiary alicyclic amines) is 1. The molecule has 1 aliphatic rings. The van der Waals surface area contributed by atoms with E-state index in [1.165, 1.54) is 12.8 Å². The van der Waals surface area contributed by atoms with Crippen LogP contribution in [0.25, 0.3) is 0 Å². The highest BCUT2D eigenvalue weighted by molar-refractivity contribution is 5.75. The van der Waals surface area contributed by atoms with Gasteiger partial charge >= 0.3 is 0 Å². The van der Waals surface area contributed by atoms with Crippen molar-refractivity contribution in [1.29, 1.82) is 0 Å². The number of nitrogens with one attached hydrogen (secondary N) is 1. The summed E-state index contributed by atoms with van der Waals surface area (Å²) in [7, 11) is 0. The predicted octanol–water partition coefficient (Wildman–Crippen LogP) is 1.82. The molecule has 1 amide bonds. The summed E-state index contributed by atoms with van der Waals surface area (Å²) in [5.74, 6) is 0.973. The van der Waals surface area contributed by atoms with Gasteiger partial charge in [0.05, 0.1) is 12.3 Å². The Labute approximate surface area is 130 Å². The van der Waals surface area contributed by atoms with Gasteiger partial charge < -0.3 is 9.73 Å². The number of amides is 1. The van der Waals surface area contributed by atoms with Gasteiger partial charge in [-0.1, -0.05) is 0 Å². The third-order valence-corrected chi connectivity index (χ3v) is 4.07. The summed E-state index contributed by atoms with van der Waals surface area (Å²) in [6, 6.07) is 5.88. The lowest BCUT2D eigenvalue weighted by Crippen LogP contribution is -2.36. The Hall–Kier alpha value is -2.08. The summed E-state index contributed by atoms with van der Waals surface area (Å²) >= 11 is 0. The average Bonchev–Trinajstić information content (AvgIpc) is 3.27. The van der Waals surface area contributed by atoms with E-state index in [0.29, 0.717) is 19.5 Å². The lowest BCUT2D eigenvalue weighted by molar-refractivity contribution is -0.121. The van der Waals surface area contributed by atoms with Crippen molar-refractivity contribution in [3.63, 3.8) is 0 Å². The number of hydrogen-bond donors (Lipinski definition) is 1. The molecule has 3 heterocycles. The molecule has 1 aliphatic heterocycles. The molecule has 0 bridgehead atoms. The van der Waals surface area contributed by atoms with Crippen LogP contribution < -0.4 is 5.32 Å². The van der Waals surface area contributed by atoms with Crippen molar-refractivity contribution < 1.29 is 9.21 Å². The molecular formula is C16H22N4O2. The molecule has 0 aromatic carbocycles. The van der Waals surface area contributed by atoms with Gasteiger partial charge in [-0.25, -0.2) is 0 Å². The summed E-state index contributed by atoms with van der Waals surface area (Å²) in [5, 5.41) is 7.13. The summed E-state index contributed by atoms with van der Waals surface area (Å²) in [4.78, 5) is 14.4. The second kappa shape index (κ2) is 7.26. The minimum atomic E-state index is 0.0475. The van der Waals surface area contributed by atoms with Gasteiger partial charge in [0.2, 0.25) is 5.91 Å². The quantitative estimate of drug-likeness (QED) is 0.847. The van der Waals surface area contributed by atoms with Gasteiger partial charge in [-0.15, -0.1) is 0 Å². The van der Waals surface area contributed by atoms with Crippen LogP contribution in [0, 0.1) is 0 Å². The predicted molar refractivity (Wildman–Crippen MR) is 82.1 cm³/mol. The zero-order chi connectivity index (χ0) is 15.2. The van der Waals surface area contributed by atoms with E-state index >= 15 is 0 Å². The largest absolute Gasteiger partial charge is 0.468 e. The number of hydrogen-bond acceptors (Lipinski definition) is 4. The van der Waals surface area contributed by atoms with E-state index in [9.17, 15) is 4.79 Å². The molecule has 0 aliphatic carbocycles. The Morgan fingerprint density at radius 2 is 2.23 bits per heavy atom. The van der Waals surface area contributed by atoms with Crippen LogP contribution in [0.15, 0.2) is 41.3 Å². The first kappa shape index (κ1) is 14.8. The number of carbonyl (C=O) groups excluding carboxylic acids is 1. The van der Waals surface area contributed by atoms with Crippen LogP contribution in [-0.2, 0) is 11.3 Å². The van der Waals surface area contributed by atoms with Crippen LogP contribution >= 0.6 is 0 Å². The average molecular weight is 302 g/mol. The molecule has 3 rings (SSSR count). The molecule has 0 unspecified atom stereocenters. The van der Waals surface area contributed by atoms with Gasteiger partial charge in [0.25, 0.3) is 0 Å². The minimum Gasteiger partial charge on any atom is -0.468 e. The second-order valence-corrected chi connectivity index (χ2v) is 5.60. The number of rotatable bonds is 7. The van der Waals surface area contributed by atoms with Crippen molar-refractivity contribution in [1.82, 2.24) is 20.0 Å². The van der Waals surface area contributed by atoms with Crippen molar-refractivity contribution in [3.05, 3.63) is 42.6 Å². The summed E-state index contributed by atoms with van der Waals surface area (Å²) in [5.41, 5.74) is 0. The van der Waals surface area contributed by atoms with E-state index in [4.69, 9.17) is 4.42 Å². The first-order chi connectivity index (χ1) is 10.8. The van der Waals surface area contributed by atoms with Crippen molar-refractivity contribution >= 4 is 5.91 Å². The van der Waals surface area contributed by atoms with Crippen LogP contribution in [-0.4, -0.2) is 40.2 Å². The zero-order valence-electron chi connectivity index (χ0n) is 12.6. The molecule has 2 aromatic rings. The maximum Gasteiger partial charge on any atom is 0.221 e. The van der Waals surface area contributed by atoms with Gasteiger partial charge in [0.15, 0.2) is 0 Å². The van der Waals surface area contributed by atoms with Gasteiger partial charge in [-0.3, -0.25) is 14.4 Å². The smallest absolute Gasteiger partial charge is 0.221 e. The van der Waals surface area contributed by atoms with Gasteiger partial charge in [0, 0.05) is 31.9 Å². The second-order valence-electron chi connectivity index (χ2n) is 5.60. The van der Waals surface area contributed by atoms with Crippen molar-refractivity contribution in [2.75, 3.05) is 19.6 Å². The highest BCUT2D eigenvalue weighted by Gasteiger charge is 2.25. The summed E-state index contributed by atoms with van der Waals surface area (Å²) in [6.07, 6.45) is 8.14. The molecule has 1 saturated heterocycles. The molecule has 6 nitrogen and oxygen atoms in total. The molecule has 0 radical (unpaired) electrons. The Balaban J connectivity index is 1.51. The number of carbonyl (C=O) groups is 1. The number of aryl methyl sites for hydroxylation is 1. The Kier molecular flexibility index (Phi) is 4.90. The van der Waals surface area contributed by atoms with E-state index in [-0.39, 0.29) is 11.9 Å². The van der Waals surface area contributed by atoms with Crippen LogP contribution in [0.3, 0.4) is 0 Å². The highest BCUT2D eigenvalue weighted by Crippen LogP contribution is 2.24. The molecule has 1 atom stereocenters. The summed E-state index contributed by atoms with van der Waals surface area (Å²) in [6.45, 7) is 3.32. The maximum absolute atomic E-state index is 12.0. The van der Waals surface area contributed by atoms with E-state index in [1.54, 1.807) is 17.1 Å². The monoisotopic (exact) mass is 302 g/mol. The normalized spacial score (nSPS) is 16.7. The molecule has 0 saturated carbocycles. The number of furan rings is 1. The molecular weight excluding hydrogens is 280 g/mol. The van der Waals surface area contributed by atoms with E-state index in [2.05, 4.69) is 15.3 Å². The molecule has 118 valence electrons. The standard InChI is InChI=1S/C16H22N4O2/c21-16(6-11-20-10-4-7-18-20)17-13-14(15-5-3-12-22-15)19-8-1-2-9-19/h3-5,7,10,12,14H,1-2,6,8-9,11,13H2,(H,17,21)/t14-/m1/s1. The van der Waals surface area contributed by atoms with Crippen LogP contribution in [0.5, 0.6) is 0 Å². The fourth-order valence-electron chi connectivity index (χ4n) is 2.89. The molecule has 2 aromatic heterocycles. The number of nitrogens with zero attached hydrogens (tertiary/aromatic N) is 3. The third kappa shape index (κ3) is 3.76. The fourth-order valence-corrected chi connectivity index (χ4v) is 2.89. The van der Waals surface area contributed by atoms with Crippen molar-refractivity contribution in [3.8, 4) is 0 Å². The molecule has 1 fully saturated rings. The van der Waals surface area contributed by atoms with Crippen LogP contribution in [0.1, 0.15) is 31.1 Å². The Morgan fingerprint density at radius 3 is 2.91 bits per heavy atom. The lowest BCUT2D eigenvalue weighted by Gasteiger charge is -2.26. The van der Waals surface area contributed by atoms with E-state index in [0.717, 1.165) is 18.8 Å². The molecule has 1 N–H and O–H groups in total. The molecule has 0 spiro atoms. The summed E-state index contributed by atoms with van der Waals surface area (Å²) < 4.78 is 7.32. The number of aromatic nitrogens is 2. The maximum atomic E-state index is 12.0. The van der Waals surface area contributed by atoms with Crippen molar-refractivity contribution in [2.24, 2.45) is 0 Å². The first-order valence-corrected chi connectivity index (χ1v) is 7.84. The van der Waals surface area contributed by atoms with Crippen LogP contribution in [0.2, 0.25) is 0 Å². The first-order valence-electron chi connectivity index (χ1n) is 7.84. The molecule has 22 heavy (non-hydrogen) atoms. The van der Waals surface area contributed by atoms with Gasteiger partial charge in [-0.2, -0.15) is 5.10 Å². The van der Waals surface area contributed by atoms with Gasteiger partial charge in [0.1, 0.15) is 5.76 Å². The Bertz CT molecular complexity index is 559. The zero-order valence-corrected chi connectivity index (χ0v) is 12.6.